The number of hydrogen-bond acceptors (Lipinski definition) is 1. The monoisotopic (exact) mass is 470 g/mol. The quantitative estimate of drug-likeness (QED) is 0.299. The number of terminal acetylenes is 1. The van der Waals surface area contributed by atoms with E-state index in [4.69, 9.17) is 6.42 Å². The van der Waals surface area contributed by atoms with Gasteiger partial charge in [0.1, 0.15) is 5.78 Å². The van der Waals surface area contributed by atoms with E-state index in [-0.39, 0.29) is 20.8 Å². The number of carbonyl (C=O) groups is 1. The summed E-state index contributed by atoms with van der Waals surface area (Å²) in [6.07, 6.45) is 8.14. The van der Waals surface area contributed by atoms with Gasteiger partial charge in [0.25, 0.3) is 0 Å². The van der Waals surface area contributed by atoms with E-state index in [0.717, 1.165) is 40.7 Å². The fourth-order valence-electron chi connectivity index (χ4n) is 4.35. The zero-order chi connectivity index (χ0) is 24.4. The lowest BCUT2D eigenvalue weighted by Gasteiger charge is -2.24. The summed E-state index contributed by atoms with van der Waals surface area (Å²) in [5.41, 5.74) is 7.79. The van der Waals surface area contributed by atoms with Crippen molar-refractivity contribution in [3.63, 3.8) is 0 Å². The second kappa shape index (κ2) is 15.7. The van der Waals surface area contributed by atoms with Gasteiger partial charge in [-0.1, -0.05) is 109 Å². The lowest BCUT2D eigenvalue weighted by Crippen LogP contribution is -2.22. The van der Waals surface area contributed by atoms with Crippen molar-refractivity contribution in [3.05, 3.63) is 94.5 Å². The van der Waals surface area contributed by atoms with Crippen molar-refractivity contribution in [3.8, 4) is 23.5 Å². The molecule has 3 rings (SSSR count). The van der Waals surface area contributed by atoms with E-state index in [1.165, 1.54) is 11.1 Å². The van der Waals surface area contributed by atoms with E-state index in [1.54, 1.807) is 0 Å². The molecule has 35 heavy (non-hydrogen) atoms. The third-order valence-corrected chi connectivity index (χ3v) is 6.24. The zero-order valence-corrected chi connectivity index (χ0v) is 21.1. The average Bonchev–Trinajstić information content (AvgIpc) is 2.83. The van der Waals surface area contributed by atoms with Crippen molar-refractivity contribution in [2.45, 2.75) is 81.6 Å². The van der Waals surface area contributed by atoms with Crippen LogP contribution in [0, 0.1) is 32.1 Å². The lowest BCUT2D eigenvalue weighted by molar-refractivity contribution is -0.121. The van der Waals surface area contributed by atoms with E-state index in [1.807, 2.05) is 32.0 Å². The second-order valence-corrected chi connectivity index (χ2v) is 8.65. The molecule has 0 aliphatic rings. The zero-order valence-electron chi connectivity index (χ0n) is 21.1. The van der Waals surface area contributed by atoms with Gasteiger partial charge in [-0.05, 0) is 71.7 Å². The van der Waals surface area contributed by atoms with E-state index in [2.05, 4.69) is 82.1 Å². The first-order chi connectivity index (χ1) is 15.9. The third kappa shape index (κ3) is 8.56. The van der Waals surface area contributed by atoms with Crippen LogP contribution in [-0.4, -0.2) is 5.78 Å². The Labute approximate surface area is 216 Å². The minimum absolute atomic E-state index is 0. The number of hydrogen-bond donors (Lipinski definition) is 0. The standard InChI is InChI=1S/C30H32O.C2H6.2CH4/c1-6-9-22(4)30(29(31)20-25-13-12-21(3)23(5)18-25)27-16-14-26(15-17-27)28-11-8-10-24(7-2)19-28;1-2;;/h2,8,10-19,22,30H,6,9,20H2,1,3-5H3;1-2H3;2*1H4. The fourth-order valence-corrected chi connectivity index (χ4v) is 4.35. The first kappa shape index (κ1) is 31.9. The van der Waals surface area contributed by atoms with Gasteiger partial charge in [-0.3, -0.25) is 4.79 Å². The first-order valence-electron chi connectivity index (χ1n) is 12.2. The molecule has 0 bridgehead atoms. The summed E-state index contributed by atoms with van der Waals surface area (Å²) in [6.45, 7) is 12.6. The van der Waals surface area contributed by atoms with Crippen molar-refractivity contribution in [2.75, 3.05) is 0 Å². The smallest absolute Gasteiger partial charge is 0.144 e. The molecule has 0 aliphatic carbocycles. The molecule has 0 radical (unpaired) electrons. The Bertz CT molecular complexity index is 1080. The Kier molecular flexibility index (Phi) is 14.3. The van der Waals surface area contributed by atoms with Gasteiger partial charge in [0.15, 0.2) is 0 Å². The summed E-state index contributed by atoms with van der Waals surface area (Å²) < 4.78 is 0. The molecule has 2 atom stereocenters. The average molecular weight is 471 g/mol. The van der Waals surface area contributed by atoms with Gasteiger partial charge >= 0.3 is 0 Å². The first-order valence-corrected chi connectivity index (χ1v) is 12.2. The number of aryl methyl sites for hydroxylation is 2. The van der Waals surface area contributed by atoms with E-state index in [9.17, 15) is 4.79 Å². The summed E-state index contributed by atoms with van der Waals surface area (Å²) >= 11 is 0. The van der Waals surface area contributed by atoms with Crippen LogP contribution in [-0.2, 0) is 11.2 Å². The SMILES string of the molecule is C.C.C#Cc1cccc(-c2ccc(C(C(=O)Cc3ccc(C)c(C)c3)C(C)CCC)cc2)c1.CC. The summed E-state index contributed by atoms with van der Waals surface area (Å²) in [5, 5.41) is 0. The lowest BCUT2D eigenvalue weighted by atomic mass is 9.79. The van der Waals surface area contributed by atoms with Crippen molar-refractivity contribution in [1.29, 1.82) is 0 Å². The van der Waals surface area contributed by atoms with Crippen molar-refractivity contribution in [2.24, 2.45) is 5.92 Å². The van der Waals surface area contributed by atoms with E-state index < -0.39 is 0 Å². The van der Waals surface area contributed by atoms with Crippen LogP contribution in [0.3, 0.4) is 0 Å². The molecular weight excluding hydrogens is 424 g/mol. The fraction of sp³-hybridized carbons (Fsp3) is 0.382. The number of ketones is 1. The molecule has 1 heteroatoms. The van der Waals surface area contributed by atoms with Gasteiger partial charge in [0.05, 0.1) is 0 Å². The third-order valence-electron chi connectivity index (χ3n) is 6.24. The van der Waals surface area contributed by atoms with E-state index >= 15 is 0 Å². The molecule has 0 saturated carbocycles. The second-order valence-electron chi connectivity index (χ2n) is 8.65. The molecule has 3 aromatic carbocycles. The Morgan fingerprint density at radius 1 is 0.886 bits per heavy atom. The summed E-state index contributed by atoms with van der Waals surface area (Å²) in [5.74, 6) is 3.21. The number of Topliss-reactive ketones (excluding diaryl/α,β-unsaturated/α-hetero) is 1. The Hall–Kier alpha value is -3.11. The van der Waals surface area contributed by atoms with E-state index in [0.29, 0.717) is 18.1 Å². The van der Waals surface area contributed by atoms with Crippen molar-refractivity contribution in [1.82, 2.24) is 0 Å². The number of carbonyl (C=O) groups excluding carboxylic acids is 1. The molecule has 2 unspecified atom stereocenters. The molecular formula is C34H46O. The summed E-state index contributed by atoms with van der Waals surface area (Å²) in [7, 11) is 0. The predicted molar refractivity (Wildman–Crippen MR) is 156 cm³/mol. The van der Waals surface area contributed by atoms with Crippen LogP contribution in [0.25, 0.3) is 11.1 Å². The number of benzene rings is 3. The van der Waals surface area contributed by atoms with Gasteiger partial charge in [-0.2, -0.15) is 0 Å². The van der Waals surface area contributed by atoms with Crippen LogP contribution in [0.15, 0.2) is 66.7 Å². The molecule has 0 heterocycles. The van der Waals surface area contributed by atoms with Gasteiger partial charge in [0.2, 0.25) is 0 Å². The molecule has 1 nitrogen and oxygen atoms in total. The highest BCUT2D eigenvalue weighted by Crippen LogP contribution is 2.32. The minimum Gasteiger partial charge on any atom is -0.299 e. The molecule has 0 spiro atoms. The molecule has 0 saturated heterocycles. The Morgan fingerprint density at radius 2 is 1.54 bits per heavy atom. The molecule has 0 amide bonds. The van der Waals surface area contributed by atoms with Crippen LogP contribution in [0.5, 0.6) is 0 Å². The van der Waals surface area contributed by atoms with Crippen LogP contribution in [0.4, 0.5) is 0 Å². The van der Waals surface area contributed by atoms with Gasteiger partial charge in [0, 0.05) is 17.9 Å². The van der Waals surface area contributed by atoms with Crippen LogP contribution in [0.2, 0.25) is 0 Å². The predicted octanol–water partition coefficient (Wildman–Crippen LogP) is 9.58. The van der Waals surface area contributed by atoms with Crippen molar-refractivity contribution >= 4 is 5.78 Å². The van der Waals surface area contributed by atoms with Crippen LogP contribution >= 0.6 is 0 Å². The Morgan fingerprint density at radius 3 is 2.11 bits per heavy atom. The molecule has 3 aromatic rings. The largest absolute Gasteiger partial charge is 0.299 e. The highest BCUT2D eigenvalue weighted by molar-refractivity contribution is 5.88. The van der Waals surface area contributed by atoms with Gasteiger partial charge in [-0.15, -0.1) is 6.42 Å². The summed E-state index contributed by atoms with van der Waals surface area (Å²) in [4.78, 5) is 13.4. The molecule has 0 fully saturated rings. The maximum atomic E-state index is 13.4. The number of rotatable bonds is 8. The molecule has 0 aromatic heterocycles. The maximum absolute atomic E-state index is 13.4. The van der Waals surface area contributed by atoms with Gasteiger partial charge in [-0.25, -0.2) is 0 Å². The highest BCUT2D eigenvalue weighted by atomic mass is 16.1. The topological polar surface area (TPSA) is 17.1 Å². The summed E-state index contributed by atoms with van der Waals surface area (Å²) in [6, 6.07) is 22.8. The minimum atomic E-state index is -0.0901. The molecule has 188 valence electrons. The van der Waals surface area contributed by atoms with Crippen LogP contribution < -0.4 is 0 Å². The van der Waals surface area contributed by atoms with Gasteiger partial charge < -0.3 is 0 Å². The van der Waals surface area contributed by atoms with Crippen molar-refractivity contribution < 1.29 is 4.79 Å². The van der Waals surface area contributed by atoms with Crippen LogP contribution in [0.1, 0.15) is 89.1 Å². The Balaban J connectivity index is 0.00000282. The normalized spacial score (nSPS) is 11.5. The molecule has 0 aliphatic heterocycles. The maximum Gasteiger partial charge on any atom is 0.144 e. The highest BCUT2D eigenvalue weighted by Gasteiger charge is 2.26. The molecule has 0 N–H and O–H groups in total.